The number of aromatic nitrogens is 1. The van der Waals surface area contributed by atoms with Crippen LogP contribution in [-0.4, -0.2) is 24.2 Å². The minimum atomic E-state index is -0.416. The van der Waals surface area contributed by atoms with Crippen molar-refractivity contribution < 1.29 is 9.13 Å². The first-order valence-electron chi connectivity index (χ1n) is 8.10. The summed E-state index contributed by atoms with van der Waals surface area (Å²) in [5.41, 5.74) is 1.61. The molecule has 23 heavy (non-hydrogen) atoms. The van der Waals surface area contributed by atoms with Crippen LogP contribution in [0.25, 0.3) is 0 Å². The van der Waals surface area contributed by atoms with E-state index in [2.05, 4.69) is 54.5 Å². The lowest BCUT2D eigenvalue weighted by atomic mass is 9.56. The third-order valence-corrected chi connectivity index (χ3v) is 4.93. The molecule has 2 aromatic rings. The average molecular weight is 314 g/mol. The van der Waals surface area contributed by atoms with Gasteiger partial charge in [0.25, 0.3) is 0 Å². The summed E-state index contributed by atoms with van der Waals surface area (Å²) in [5, 5.41) is 3.52. The van der Waals surface area contributed by atoms with Gasteiger partial charge in [-0.05, 0) is 35.4 Å². The highest BCUT2D eigenvalue weighted by Gasteiger charge is 2.48. The molecular formula is C19H23FN2O. The van der Waals surface area contributed by atoms with E-state index in [1.807, 2.05) is 0 Å². The number of halogens is 1. The molecule has 1 fully saturated rings. The molecule has 1 aliphatic carbocycles. The first-order valence-corrected chi connectivity index (χ1v) is 8.10. The summed E-state index contributed by atoms with van der Waals surface area (Å²) in [5.74, 6) is 0.236. The normalized spacial score (nSPS) is 22.4. The predicted molar refractivity (Wildman–Crippen MR) is 89.1 cm³/mol. The molecule has 1 heterocycles. The Kier molecular flexibility index (Phi) is 4.62. The van der Waals surface area contributed by atoms with Crippen molar-refractivity contribution in [1.29, 1.82) is 0 Å². The molecule has 0 saturated heterocycles. The Labute approximate surface area is 136 Å². The molecule has 3 rings (SSSR count). The lowest BCUT2D eigenvalue weighted by Gasteiger charge is -2.53. The van der Waals surface area contributed by atoms with Crippen LogP contribution in [0.4, 0.5) is 4.39 Å². The number of ether oxygens (including phenoxy) is 1. The van der Waals surface area contributed by atoms with E-state index in [4.69, 9.17) is 4.74 Å². The van der Waals surface area contributed by atoms with E-state index in [-0.39, 0.29) is 11.3 Å². The van der Waals surface area contributed by atoms with Gasteiger partial charge in [0.15, 0.2) is 5.82 Å². The fourth-order valence-electron chi connectivity index (χ4n) is 3.38. The van der Waals surface area contributed by atoms with Gasteiger partial charge in [-0.3, -0.25) is 0 Å². The molecule has 3 nitrogen and oxygen atoms in total. The zero-order valence-electron chi connectivity index (χ0n) is 13.6. The second kappa shape index (κ2) is 6.67. The standard InChI is InChI=1S/C19H23FN2O/c1-19(2)15(14-7-4-3-5-8-14)13-17(19)21-11-12-23-18-16(20)9-6-10-22-18/h3-10,15,17,21H,11-13H2,1-2H3. The smallest absolute Gasteiger partial charge is 0.250 e. The monoisotopic (exact) mass is 314 g/mol. The van der Waals surface area contributed by atoms with Crippen molar-refractivity contribution in [2.45, 2.75) is 32.2 Å². The van der Waals surface area contributed by atoms with Gasteiger partial charge in [-0.25, -0.2) is 9.37 Å². The number of benzene rings is 1. The van der Waals surface area contributed by atoms with Gasteiger partial charge in [0, 0.05) is 18.8 Å². The lowest BCUT2D eigenvalue weighted by Crippen LogP contribution is -2.56. The number of hydrogen-bond acceptors (Lipinski definition) is 3. The van der Waals surface area contributed by atoms with Crippen molar-refractivity contribution in [1.82, 2.24) is 10.3 Å². The highest BCUT2D eigenvalue weighted by molar-refractivity contribution is 5.27. The number of nitrogens with one attached hydrogen (secondary N) is 1. The van der Waals surface area contributed by atoms with Gasteiger partial charge in [-0.2, -0.15) is 0 Å². The number of nitrogens with zero attached hydrogens (tertiary/aromatic N) is 1. The van der Waals surface area contributed by atoms with Gasteiger partial charge < -0.3 is 10.1 Å². The second-order valence-corrected chi connectivity index (χ2v) is 6.67. The summed E-state index contributed by atoms with van der Waals surface area (Å²) in [6, 6.07) is 14.0. The van der Waals surface area contributed by atoms with Crippen LogP contribution in [0.3, 0.4) is 0 Å². The SMILES string of the molecule is CC1(C)C(NCCOc2ncccc2F)CC1c1ccccc1. The predicted octanol–water partition coefficient (Wildman–Crippen LogP) is 3.77. The quantitative estimate of drug-likeness (QED) is 0.824. The van der Waals surface area contributed by atoms with Gasteiger partial charge in [0.05, 0.1) is 0 Å². The van der Waals surface area contributed by atoms with Gasteiger partial charge in [-0.15, -0.1) is 0 Å². The number of pyridine rings is 1. The molecule has 1 aliphatic rings. The average Bonchev–Trinajstić information content (AvgIpc) is 2.56. The van der Waals surface area contributed by atoms with Crippen molar-refractivity contribution in [3.8, 4) is 5.88 Å². The van der Waals surface area contributed by atoms with Gasteiger partial charge >= 0.3 is 0 Å². The largest absolute Gasteiger partial charge is 0.474 e. The van der Waals surface area contributed by atoms with E-state index in [1.165, 1.54) is 17.8 Å². The molecule has 1 aromatic carbocycles. The third kappa shape index (κ3) is 3.37. The zero-order chi connectivity index (χ0) is 16.3. The van der Waals surface area contributed by atoms with Crippen molar-refractivity contribution in [2.24, 2.45) is 5.41 Å². The molecule has 1 N–H and O–H groups in total. The molecule has 2 unspecified atom stereocenters. The van der Waals surface area contributed by atoms with Crippen LogP contribution in [0.1, 0.15) is 31.7 Å². The van der Waals surface area contributed by atoms with E-state index in [9.17, 15) is 4.39 Å². The Balaban J connectivity index is 1.46. The van der Waals surface area contributed by atoms with Gasteiger partial charge in [0.2, 0.25) is 5.88 Å². The summed E-state index contributed by atoms with van der Waals surface area (Å²) < 4.78 is 18.8. The lowest BCUT2D eigenvalue weighted by molar-refractivity contribution is 0.0661. The van der Waals surface area contributed by atoms with Crippen molar-refractivity contribution in [3.05, 3.63) is 60.0 Å². The molecule has 1 saturated carbocycles. The fraction of sp³-hybridized carbons (Fsp3) is 0.421. The Hall–Kier alpha value is -1.94. The molecule has 0 spiro atoms. The minimum absolute atomic E-state index is 0.0735. The molecule has 122 valence electrons. The van der Waals surface area contributed by atoms with E-state index in [0.29, 0.717) is 25.1 Å². The molecule has 0 bridgehead atoms. The maximum absolute atomic E-state index is 13.4. The van der Waals surface area contributed by atoms with Gasteiger partial charge in [-0.1, -0.05) is 44.2 Å². The van der Waals surface area contributed by atoms with Crippen molar-refractivity contribution >= 4 is 0 Å². The topological polar surface area (TPSA) is 34.1 Å². The van der Waals surface area contributed by atoms with Crippen LogP contribution < -0.4 is 10.1 Å². The summed E-state index contributed by atoms with van der Waals surface area (Å²) in [6.07, 6.45) is 2.65. The number of rotatable bonds is 6. The molecule has 2 atom stereocenters. The summed E-state index contributed by atoms with van der Waals surface area (Å²) in [6.45, 7) is 5.69. The maximum Gasteiger partial charge on any atom is 0.250 e. The van der Waals surface area contributed by atoms with E-state index in [1.54, 1.807) is 6.07 Å². The minimum Gasteiger partial charge on any atom is -0.474 e. The van der Waals surface area contributed by atoms with E-state index >= 15 is 0 Å². The summed E-state index contributed by atoms with van der Waals surface area (Å²) >= 11 is 0. The second-order valence-electron chi connectivity index (χ2n) is 6.67. The maximum atomic E-state index is 13.4. The molecule has 1 aromatic heterocycles. The van der Waals surface area contributed by atoms with Crippen LogP contribution in [0.5, 0.6) is 5.88 Å². The van der Waals surface area contributed by atoms with Gasteiger partial charge in [0.1, 0.15) is 6.61 Å². The molecule has 4 heteroatoms. The fourth-order valence-corrected chi connectivity index (χ4v) is 3.38. The van der Waals surface area contributed by atoms with E-state index in [0.717, 1.165) is 6.42 Å². The molecule has 0 amide bonds. The van der Waals surface area contributed by atoms with Crippen LogP contribution in [0, 0.1) is 11.2 Å². The molecule has 0 aliphatic heterocycles. The summed E-state index contributed by atoms with van der Waals surface area (Å²) in [7, 11) is 0. The van der Waals surface area contributed by atoms with E-state index < -0.39 is 5.82 Å². The number of hydrogen-bond donors (Lipinski definition) is 1. The zero-order valence-corrected chi connectivity index (χ0v) is 13.6. The highest BCUT2D eigenvalue weighted by Crippen LogP contribution is 2.52. The Morgan fingerprint density at radius 2 is 2.00 bits per heavy atom. The first kappa shape index (κ1) is 15.9. The summed E-state index contributed by atoms with van der Waals surface area (Å²) in [4.78, 5) is 3.88. The van der Waals surface area contributed by atoms with Crippen LogP contribution >= 0.6 is 0 Å². The van der Waals surface area contributed by atoms with Crippen molar-refractivity contribution in [3.63, 3.8) is 0 Å². The Morgan fingerprint density at radius 3 is 2.70 bits per heavy atom. The highest BCUT2D eigenvalue weighted by atomic mass is 19.1. The third-order valence-electron chi connectivity index (χ3n) is 4.93. The Bertz CT molecular complexity index is 645. The first-order chi connectivity index (χ1) is 11.1. The van der Waals surface area contributed by atoms with Crippen LogP contribution in [-0.2, 0) is 0 Å². The molecule has 0 radical (unpaired) electrons. The van der Waals surface area contributed by atoms with Crippen molar-refractivity contribution in [2.75, 3.05) is 13.2 Å². The van der Waals surface area contributed by atoms with Crippen LogP contribution in [0.15, 0.2) is 48.7 Å². The van der Waals surface area contributed by atoms with Crippen LogP contribution in [0.2, 0.25) is 0 Å². The Morgan fingerprint density at radius 1 is 1.22 bits per heavy atom. The molecular weight excluding hydrogens is 291 g/mol.